The SMILES string of the molecule is CC(C)CN(CC(N)(CO)c1ccccc1)C1CCCC1. The van der Waals surface area contributed by atoms with Gasteiger partial charge >= 0.3 is 0 Å². The minimum Gasteiger partial charge on any atom is -0.394 e. The molecule has 0 heterocycles. The van der Waals surface area contributed by atoms with Crippen LogP contribution in [0.15, 0.2) is 30.3 Å². The van der Waals surface area contributed by atoms with Crippen molar-refractivity contribution in [3.05, 3.63) is 35.9 Å². The molecular formula is C18H30N2O. The van der Waals surface area contributed by atoms with Gasteiger partial charge in [-0.3, -0.25) is 4.90 Å². The molecule has 0 amide bonds. The van der Waals surface area contributed by atoms with Crippen molar-refractivity contribution < 1.29 is 5.11 Å². The maximum absolute atomic E-state index is 9.91. The molecule has 0 bridgehead atoms. The average molecular weight is 290 g/mol. The maximum Gasteiger partial charge on any atom is 0.0773 e. The molecule has 1 fully saturated rings. The van der Waals surface area contributed by atoms with Gasteiger partial charge in [0.1, 0.15) is 0 Å². The molecule has 1 aromatic rings. The zero-order chi connectivity index (χ0) is 15.3. The van der Waals surface area contributed by atoms with Crippen LogP contribution in [0.25, 0.3) is 0 Å². The van der Waals surface area contributed by atoms with E-state index < -0.39 is 5.54 Å². The summed E-state index contributed by atoms with van der Waals surface area (Å²) in [7, 11) is 0. The van der Waals surface area contributed by atoms with E-state index in [0.29, 0.717) is 12.0 Å². The molecule has 0 saturated heterocycles. The molecule has 3 nitrogen and oxygen atoms in total. The van der Waals surface area contributed by atoms with Crippen molar-refractivity contribution in [2.75, 3.05) is 19.7 Å². The molecule has 0 aromatic heterocycles. The zero-order valence-corrected chi connectivity index (χ0v) is 13.5. The van der Waals surface area contributed by atoms with Crippen molar-refractivity contribution in [2.45, 2.75) is 51.1 Å². The Bertz CT molecular complexity index is 414. The molecule has 118 valence electrons. The Labute approximate surface area is 129 Å². The molecule has 0 aliphatic heterocycles. The summed E-state index contributed by atoms with van der Waals surface area (Å²) in [5, 5.41) is 9.91. The van der Waals surface area contributed by atoms with E-state index in [9.17, 15) is 5.11 Å². The van der Waals surface area contributed by atoms with Gasteiger partial charge in [-0.15, -0.1) is 0 Å². The Kier molecular flexibility index (Phi) is 5.80. The van der Waals surface area contributed by atoms with Gasteiger partial charge < -0.3 is 10.8 Å². The molecule has 1 aromatic carbocycles. The fourth-order valence-electron chi connectivity index (χ4n) is 3.45. The second kappa shape index (κ2) is 7.39. The third-order valence-corrected chi connectivity index (χ3v) is 4.56. The summed E-state index contributed by atoms with van der Waals surface area (Å²) in [6.45, 7) is 6.27. The molecule has 1 aliphatic carbocycles. The smallest absolute Gasteiger partial charge is 0.0773 e. The number of nitrogens with zero attached hydrogens (tertiary/aromatic N) is 1. The Morgan fingerprint density at radius 3 is 2.38 bits per heavy atom. The fraction of sp³-hybridized carbons (Fsp3) is 0.667. The highest BCUT2D eigenvalue weighted by Gasteiger charge is 2.33. The number of hydrogen-bond donors (Lipinski definition) is 2. The lowest BCUT2D eigenvalue weighted by Gasteiger charge is -2.38. The Hall–Kier alpha value is -0.900. The molecular weight excluding hydrogens is 260 g/mol. The molecule has 3 N–H and O–H groups in total. The minimum absolute atomic E-state index is 0.0155. The van der Waals surface area contributed by atoms with Crippen LogP contribution < -0.4 is 5.73 Å². The predicted molar refractivity (Wildman–Crippen MR) is 88.1 cm³/mol. The van der Waals surface area contributed by atoms with E-state index in [0.717, 1.165) is 18.7 Å². The van der Waals surface area contributed by atoms with E-state index in [-0.39, 0.29) is 6.61 Å². The van der Waals surface area contributed by atoms with Crippen LogP contribution in [0.2, 0.25) is 0 Å². The molecule has 2 rings (SSSR count). The summed E-state index contributed by atoms with van der Waals surface area (Å²) in [5.41, 5.74) is 6.93. The van der Waals surface area contributed by atoms with Gasteiger partial charge in [0, 0.05) is 19.1 Å². The molecule has 21 heavy (non-hydrogen) atoms. The van der Waals surface area contributed by atoms with Crippen LogP contribution in [0.1, 0.15) is 45.1 Å². The van der Waals surface area contributed by atoms with Crippen LogP contribution in [0.4, 0.5) is 0 Å². The van der Waals surface area contributed by atoms with E-state index in [4.69, 9.17) is 5.73 Å². The van der Waals surface area contributed by atoms with Crippen LogP contribution in [-0.2, 0) is 5.54 Å². The van der Waals surface area contributed by atoms with E-state index in [2.05, 4.69) is 18.7 Å². The first-order chi connectivity index (χ1) is 10.0. The monoisotopic (exact) mass is 290 g/mol. The van der Waals surface area contributed by atoms with Gasteiger partial charge in [0.05, 0.1) is 12.1 Å². The lowest BCUT2D eigenvalue weighted by atomic mass is 9.90. The highest BCUT2D eigenvalue weighted by molar-refractivity contribution is 5.24. The number of benzene rings is 1. The summed E-state index contributed by atoms with van der Waals surface area (Å²) in [6, 6.07) is 10.7. The third-order valence-electron chi connectivity index (χ3n) is 4.56. The number of rotatable bonds is 7. The van der Waals surface area contributed by atoms with Crippen molar-refractivity contribution in [1.82, 2.24) is 4.90 Å². The molecule has 1 saturated carbocycles. The Morgan fingerprint density at radius 1 is 1.24 bits per heavy atom. The average Bonchev–Trinajstić information content (AvgIpc) is 3.01. The summed E-state index contributed by atoms with van der Waals surface area (Å²) in [5.74, 6) is 0.615. The van der Waals surface area contributed by atoms with E-state index in [1.165, 1.54) is 25.7 Å². The van der Waals surface area contributed by atoms with E-state index >= 15 is 0 Å². The number of nitrogens with two attached hydrogens (primary N) is 1. The predicted octanol–water partition coefficient (Wildman–Crippen LogP) is 2.73. The van der Waals surface area contributed by atoms with Gasteiger partial charge in [-0.25, -0.2) is 0 Å². The maximum atomic E-state index is 9.91. The zero-order valence-electron chi connectivity index (χ0n) is 13.5. The number of aliphatic hydroxyl groups is 1. The number of aliphatic hydroxyl groups excluding tert-OH is 1. The van der Waals surface area contributed by atoms with Crippen LogP contribution in [-0.4, -0.2) is 35.7 Å². The lowest BCUT2D eigenvalue weighted by molar-refractivity contribution is 0.0980. The highest BCUT2D eigenvalue weighted by atomic mass is 16.3. The van der Waals surface area contributed by atoms with Crippen molar-refractivity contribution in [3.63, 3.8) is 0 Å². The summed E-state index contributed by atoms with van der Waals surface area (Å²) >= 11 is 0. The molecule has 1 unspecified atom stereocenters. The molecule has 1 atom stereocenters. The van der Waals surface area contributed by atoms with Gasteiger partial charge in [0.2, 0.25) is 0 Å². The molecule has 0 radical (unpaired) electrons. The van der Waals surface area contributed by atoms with Crippen LogP contribution in [0.5, 0.6) is 0 Å². The quantitative estimate of drug-likeness (QED) is 0.812. The highest BCUT2D eigenvalue weighted by Crippen LogP contribution is 2.28. The van der Waals surface area contributed by atoms with Crippen LogP contribution >= 0.6 is 0 Å². The van der Waals surface area contributed by atoms with Crippen molar-refractivity contribution in [3.8, 4) is 0 Å². The summed E-state index contributed by atoms with van der Waals surface area (Å²) in [4.78, 5) is 2.51. The number of hydrogen-bond acceptors (Lipinski definition) is 3. The molecule has 1 aliphatic rings. The van der Waals surface area contributed by atoms with Gasteiger partial charge in [-0.1, -0.05) is 57.0 Å². The Balaban J connectivity index is 2.15. The van der Waals surface area contributed by atoms with Gasteiger partial charge in [-0.2, -0.15) is 0 Å². The molecule has 0 spiro atoms. The summed E-state index contributed by atoms with van der Waals surface area (Å²) < 4.78 is 0. The van der Waals surface area contributed by atoms with Crippen LogP contribution in [0, 0.1) is 5.92 Å². The Morgan fingerprint density at radius 2 is 1.86 bits per heavy atom. The minimum atomic E-state index is -0.668. The second-order valence-electron chi connectivity index (χ2n) is 6.94. The largest absolute Gasteiger partial charge is 0.394 e. The topological polar surface area (TPSA) is 49.5 Å². The second-order valence-corrected chi connectivity index (χ2v) is 6.94. The van der Waals surface area contributed by atoms with Crippen molar-refractivity contribution in [2.24, 2.45) is 11.7 Å². The van der Waals surface area contributed by atoms with Gasteiger partial charge in [0.25, 0.3) is 0 Å². The van der Waals surface area contributed by atoms with Crippen molar-refractivity contribution >= 4 is 0 Å². The standard InChI is InChI=1S/C18H30N2O/c1-15(2)12-20(17-10-6-7-11-17)13-18(19,14-21)16-8-4-3-5-9-16/h3-5,8-9,15,17,21H,6-7,10-14,19H2,1-2H3. The summed E-state index contributed by atoms with van der Waals surface area (Å²) in [6.07, 6.45) is 5.18. The van der Waals surface area contributed by atoms with E-state index in [1.54, 1.807) is 0 Å². The van der Waals surface area contributed by atoms with Gasteiger partial charge in [0.15, 0.2) is 0 Å². The lowest BCUT2D eigenvalue weighted by Crippen LogP contribution is -2.53. The van der Waals surface area contributed by atoms with Crippen molar-refractivity contribution in [1.29, 1.82) is 0 Å². The first-order valence-corrected chi connectivity index (χ1v) is 8.24. The third kappa shape index (κ3) is 4.29. The normalized spacial score (nSPS) is 19.3. The molecule has 3 heteroatoms. The fourth-order valence-corrected chi connectivity index (χ4v) is 3.45. The van der Waals surface area contributed by atoms with Crippen LogP contribution in [0.3, 0.4) is 0 Å². The first kappa shape index (κ1) is 16.5. The first-order valence-electron chi connectivity index (χ1n) is 8.24. The van der Waals surface area contributed by atoms with Gasteiger partial charge in [-0.05, 0) is 24.3 Å². The van der Waals surface area contributed by atoms with E-state index in [1.807, 2.05) is 30.3 Å².